The molecule has 1 aromatic rings. The van der Waals surface area contributed by atoms with Gasteiger partial charge in [0.25, 0.3) is 0 Å². The van der Waals surface area contributed by atoms with Gasteiger partial charge in [-0.15, -0.1) is 11.3 Å². The second kappa shape index (κ2) is 8.50. The predicted molar refractivity (Wildman–Crippen MR) is 90.1 cm³/mol. The van der Waals surface area contributed by atoms with Crippen LogP contribution in [-0.4, -0.2) is 29.4 Å². The Morgan fingerprint density at radius 2 is 2.14 bits per heavy atom. The topological polar surface area (TPSA) is 84.6 Å². The van der Waals surface area contributed by atoms with E-state index in [2.05, 4.69) is 12.2 Å². The van der Waals surface area contributed by atoms with Gasteiger partial charge in [-0.2, -0.15) is 0 Å². The molecule has 1 aromatic heterocycles. The minimum Gasteiger partial charge on any atom is -0.444 e. The van der Waals surface area contributed by atoms with Gasteiger partial charge < -0.3 is 20.9 Å². The molecule has 0 bridgehead atoms. The zero-order valence-corrected chi connectivity index (χ0v) is 14.7. The lowest BCUT2D eigenvalue weighted by Gasteiger charge is -2.26. The molecule has 5 nitrogen and oxygen atoms in total. The highest BCUT2D eigenvalue weighted by atomic mass is 32.1. The third-order valence-corrected chi connectivity index (χ3v) is 4.25. The van der Waals surface area contributed by atoms with Crippen molar-refractivity contribution in [2.45, 2.75) is 64.7 Å². The normalized spacial score (nSPS) is 14.5. The van der Waals surface area contributed by atoms with Gasteiger partial charge in [0.2, 0.25) is 0 Å². The van der Waals surface area contributed by atoms with E-state index in [1.807, 2.05) is 12.1 Å². The van der Waals surface area contributed by atoms with Crippen molar-refractivity contribution in [3.63, 3.8) is 0 Å². The smallest absolute Gasteiger partial charge is 0.407 e. The summed E-state index contributed by atoms with van der Waals surface area (Å²) in [5.41, 5.74) is 5.03. The van der Waals surface area contributed by atoms with Crippen LogP contribution in [0.25, 0.3) is 0 Å². The van der Waals surface area contributed by atoms with Crippen LogP contribution >= 0.6 is 11.3 Å². The van der Waals surface area contributed by atoms with Crippen molar-refractivity contribution in [3.8, 4) is 0 Å². The van der Waals surface area contributed by atoms with Gasteiger partial charge in [-0.1, -0.05) is 13.3 Å². The van der Waals surface area contributed by atoms with E-state index in [9.17, 15) is 9.90 Å². The lowest BCUT2D eigenvalue weighted by molar-refractivity contribution is 0.0419. The molecule has 0 radical (unpaired) electrons. The van der Waals surface area contributed by atoms with Crippen molar-refractivity contribution in [1.29, 1.82) is 0 Å². The number of hydrogen-bond donors (Lipinski definition) is 3. The lowest BCUT2D eigenvalue weighted by Crippen LogP contribution is -2.43. The van der Waals surface area contributed by atoms with Crippen LogP contribution in [0, 0.1) is 0 Å². The Bertz CT molecular complexity index is 468. The predicted octanol–water partition coefficient (Wildman–Crippen LogP) is 2.98. The first-order chi connectivity index (χ1) is 10.3. The van der Waals surface area contributed by atoms with Crippen molar-refractivity contribution < 1.29 is 14.6 Å². The molecular weight excluding hydrogens is 300 g/mol. The summed E-state index contributed by atoms with van der Waals surface area (Å²) < 4.78 is 5.25. The van der Waals surface area contributed by atoms with E-state index in [1.165, 1.54) is 4.88 Å². The Labute approximate surface area is 136 Å². The van der Waals surface area contributed by atoms with E-state index in [4.69, 9.17) is 10.5 Å². The Hall–Kier alpha value is -1.11. The van der Waals surface area contributed by atoms with Gasteiger partial charge in [0.15, 0.2) is 0 Å². The molecule has 4 N–H and O–H groups in total. The number of amides is 1. The highest BCUT2D eigenvalue weighted by molar-refractivity contribution is 7.12. The Kier molecular flexibility index (Phi) is 7.32. The number of aliphatic hydroxyl groups is 1. The lowest BCUT2D eigenvalue weighted by atomic mass is 10.1. The van der Waals surface area contributed by atoms with Crippen molar-refractivity contribution >= 4 is 17.4 Å². The van der Waals surface area contributed by atoms with Crippen molar-refractivity contribution in [1.82, 2.24) is 5.32 Å². The molecule has 0 saturated heterocycles. The second-order valence-electron chi connectivity index (χ2n) is 6.33. The SMILES string of the molecule is CCCc1ccc(C(O)C(CCN)NC(=O)OC(C)(C)C)s1. The Morgan fingerprint density at radius 3 is 2.68 bits per heavy atom. The summed E-state index contributed by atoms with van der Waals surface area (Å²) in [6.07, 6.45) is 1.25. The first-order valence-electron chi connectivity index (χ1n) is 7.73. The maximum atomic E-state index is 11.9. The third kappa shape index (κ3) is 6.34. The fourth-order valence-corrected chi connectivity index (χ4v) is 3.25. The summed E-state index contributed by atoms with van der Waals surface area (Å²) in [6, 6.07) is 3.49. The molecule has 0 saturated carbocycles. The first kappa shape index (κ1) is 18.9. The Balaban J connectivity index is 2.73. The minimum absolute atomic E-state index is 0.380. The molecule has 1 amide bonds. The second-order valence-corrected chi connectivity index (χ2v) is 7.53. The van der Waals surface area contributed by atoms with E-state index in [0.717, 1.165) is 17.7 Å². The van der Waals surface area contributed by atoms with E-state index in [0.29, 0.717) is 13.0 Å². The van der Waals surface area contributed by atoms with Crippen LogP contribution in [0.4, 0.5) is 4.79 Å². The summed E-state index contributed by atoms with van der Waals surface area (Å²) in [5.74, 6) is 0. The van der Waals surface area contributed by atoms with Crippen LogP contribution in [0.3, 0.4) is 0 Å². The van der Waals surface area contributed by atoms with Crippen LogP contribution in [0.2, 0.25) is 0 Å². The molecule has 0 aliphatic heterocycles. The maximum absolute atomic E-state index is 11.9. The van der Waals surface area contributed by atoms with E-state index >= 15 is 0 Å². The number of ether oxygens (including phenoxy) is 1. The highest BCUT2D eigenvalue weighted by Gasteiger charge is 2.26. The molecule has 1 rings (SSSR count). The molecule has 0 aromatic carbocycles. The minimum atomic E-state index is -0.772. The highest BCUT2D eigenvalue weighted by Crippen LogP contribution is 2.27. The van der Waals surface area contributed by atoms with E-state index < -0.39 is 23.8 Å². The number of carbonyl (C=O) groups excluding carboxylic acids is 1. The molecule has 2 atom stereocenters. The number of hydrogen-bond acceptors (Lipinski definition) is 5. The molecule has 2 unspecified atom stereocenters. The standard InChI is InChI=1S/C16H28N2O3S/c1-5-6-11-7-8-13(22-11)14(19)12(9-10-17)18-15(20)21-16(2,3)4/h7-8,12,14,19H,5-6,9-10,17H2,1-4H3,(H,18,20). The van der Waals surface area contributed by atoms with Crippen molar-refractivity contribution in [2.24, 2.45) is 5.73 Å². The van der Waals surface area contributed by atoms with Crippen molar-refractivity contribution in [3.05, 3.63) is 21.9 Å². The number of nitrogens with one attached hydrogen (secondary N) is 1. The van der Waals surface area contributed by atoms with Crippen LogP contribution in [0.5, 0.6) is 0 Å². The zero-order valence-electron chi connectivity index (χ0n) is 13.9. The van der Waals surface area contributed by atoms with E-state index in [1.54, 1.807) is 32.1 Å². The summed E-state index contributed by atoms with van der Waals surface area (Å²) >= 11 is 1.58. The number of aryl methyl sites for hydroxylation is 1. The zero-order chi connectivity index (χ0) is 16.8. The number of nitrogens with two attached hydrogens (primary N) is 1. The molecule has 0 spiro atoms. The van der Waals surface area contributed by atoms with Gasteiger partial charge in [-0.25, -0.2) is 4.79 Å². The molecule has 22 heavy (non-hydrogen) atoms. The fourth-order valence-electron chi connectivity index (χ4n) is 2.08. The third-order valence-electron chi connectivity index (χ3n) is 3.03. The largest absolute Gasteiger partial charge is 0.444 e. The molecular formula is C16H28N2O3S. The summed E-state index contributed by atoms with van der Waals surface area (Å²) in [5, 5.41) is 13.3. The van der Waals surface area contributed by atoms with Gasteiger partial charge in [-0.05, 0) is 52.3 Å². The summed E-state index contributed by atoms with van der Waals surface area (Å²) in [7, 11) is 0. The molecule has 1 heterocycles. The summed E-state index contributed by atoms with van der Waals surface area (Å²) in [6.45, 7) is 7.91. The van der Waals surface area contributed by atoms with Crippen LogP contribution in [0.15, 0.2) is 12.1 Å². The average Bonchev–Trinajstić information content (AvgIpc) is 2.84. The van der Waals surface area contributed by atoms with Crippen LogP contribution in [0.1, 0.15) is 56.4 Å². The molecule has 6 heteroatoms. The Morgan fingerprint density at radius 1 is 1.45 bits per heavy atom. The van der Waals surface area contributed by atoms with Gasteiger partial charge in [0, 0.05) is 9.75 Å². The molecule has 0 fully saturated rings. The molecule has 126 valence electrons. The van der Waals surface area contributed by atoms with Gasteiger partial charge >= 0.3 is 6.09 Å². The number of rotatable bonds is 7. The summed E-state index contributed by atoms with van der Waals surface area (Å²) in [4.78, 5) is 14.0. The van der Waals surface area contributed by atoms with Crippen LogP contribution < -0.4 is 11.1 Å². The maximum Gasteiger partial charge on any atom is 0.407 e. The average molecular weight is 328 g/mol. The van der Waals surface area contributed by atoms with Crippen molar-refractivity contribution in [2.75, 3.05) is 6.54 Å². The number of alkyl carbamates (subject to hydrolysis) is 1. The number of thiophene rings is 1. The first-order valence-corrected chi connectivity index (χ1v) is 8.54. The number of carbonyl (C=O) groups is 1. The fraction of sp³-hybridized carbons (Fsp3) is 0.688. The van der Waals surface area contributed by atoms with Gasteiger partial charge in [0.1, 0.15) is 11.7 Å². The monoisotopic (exact) mass is 328 g/mol. The molecule has 0 aliphatic rings. The van der Waals surface area contributed by atoms with Crippen LogP contribution in [-0.2, 0) is 11.2 Å². The van der Waals surface area contributed by atoms with E-state index in [-0.39, 0.29) is 0 Å². The quantitative estimate of drug-likeness (QED) is 0.718. The molecule has 0 aliphatic carbocycles. The van der Waals surface area contributed by atoms with Gasteiger partial charge in [-0.3, -0.25) is 0 Å². The van der Waals surface area contributed by atoms with Gasteiger partial charge in [0.05, 0.1) is 6.04 Å². The number of aliphatic hydroxyl groups excluding tert-OH is 1.